The van der Waals surface area contributed by atoms with E-state index >= 15 is 0 Å². The van der Waals surface area contributed by atoms with Crippen LogP contribution in [0.4, 0.5) is 102 Å². The summed E-state index contributed by atoms with van der Waals surface area (Å²) in [5.41, 5.74) is 44.7. The second-order valence-corrected chi connectivity index (χ2v) is 40.5. The van der Waals surface area contributed by atoms with Crippen molar-refractivity contribution < 1.29 is 0 Å². The molecule has 21 rings (SSSR count). The van der Waals surface area contributed by atoms with Crippen LogP contribution in [0.2, 0.25) is 0 Å². The standard InChI is InChI=1S/C38H32N2.C27H33P.2C20H19N.C19H17N.C18H15N/c1-29-12-11-18-37(28-29)39(33-14-5-3-6-15-33)35-24-20-31(21-25-35)32-22-26-36(27-23-32)40(34-16-7-4-8-17-34)38-19-10-9-13-30(38)2;1-16-10-19(4)25(20(5)11-16)28(26-21(6)12-17(2)13-22(26)7)27-23(8)14-18(3)15-24(27)9;2*1-16-8-12-19(13-9-16)21(18-6-4-3-5-7-18)20-14-10-17(2)11-15-20;1-16-12-14-19(15-13-16)20(17-8-4-2-5-9-17)18-10-6-3-7-11-18;1-4-10-16(11-5-1)19(17-12-6-2-7-13-17)18-14-8-3-9-15-18/h3-28H,1-2H3;10-15H,1-9H3;2*3-15H,1-2H3;2-15H,1H3;1-15H. The second kappa shape index (κ2) is 51.1. The maximum Gasteiger partial charge on any atom is 0.0490 e. The predicted molar refractivity (Wildman–Crippen MR) is 647 cm³/mol. The number of anilines is 18. The minimum absolute atomic E-state index is 0.608. The monoisotopic (exact) mass is 1960 g/mol. The third-order valence-corrected chi connectivity index (χ3v) is 29.8. The van der Waals surface area contributed by atoms with Crippen molar-refractivity contribution in [1.82, 2.24) is 0 Å². The lowest BCUT2D eigenvalue weighted by Crippen LogP contribution is -2.30. The van der Waals surface area contributed by atoms with Crippen LogP contribution >= 0.6 is 7.92 Å². The molecule has 21 aromatic carbocycles. The molecule has 0 unspecified atom stereocenters. The van der Waals surface area contributed by atoms with Crippen LogP contribution in [0.5, 0.6) is 0 Å². The Morgan fingerprint density at radius 1 is 0.114 bits per heavy atom. The van der Waals surface area contributed by atoms with Crippen molar-refractivity contribution in [3.63, 3.8) is 0 Å². The van der Waals surface area contributed by atoms with E-state index in [0.717, 1.165) is 28.4 Å². The van der Waals surface area contributed by atoms with Gasteiger partial charge in [-0.3, -0.25) is 0 Å². The Labute approximate surface area is 888 Å². The van der Waals surface area contributed by atoms with E-state index in [-0.39, 0.29) is 0 Å². The Bertz CT molecular complexity index is 7220. The summed E-state index contributed by atoms with van der Waals surface area (Å²) < 4.78 is 0. The van der Waals surface area contributed by atoms with E-state index in [9.17, 15) is 0 Å². The number of aryl methyl sites for hydroxylation is 16. The Balaban J connectivity index is 0.000000130. The number of nitrogens with zero attached hydrogens (tertiary/aromatic N) is 6. The fraction of sp³-hybridized carbons (Fsp3) is 0.113. The smallest absolute Gasteiger partial charge is 0.0490 e. The molecule has 0 saturated heterocycles. The first kappa shape index (κ1) is 105. The lowest BCUT2D eigenvalue weighted by Gasteiger charge is -2.30. The average Bonchev–Trinajstić information content (AvgIpc) is 0.750. The molecule has 0 bridgehead atoms. The number of hydrogen-bond donors (Lipinski definition) is 0. The van der Waals surface area contributed by atoms with Gasteiger partial charge in [0.15, 0.2) is 0 Å². The zero-order chi connectivity index (χ0) is 104. The fourth-order valence-electron chi connectivity index (χ4n) is 19.4. The molecule has 21 aromatic rings. The van der Waals surface area contributed by atoms with Gasteiger partial charge in [-0.1, -0.05) is 360 Å². The van der Waals surface area contributed by atoms with Crippen molar-refractivity contribution in [3.8, 4) is 11.1 Å². The maximum atomic E-state index is 2.36. The molecule has 0 aliphatic rings. The van der Waals surface area contributed by atoms with Gasteiger partial charge in [0, 0.05) is 102 Å². The molecule has 149 heavy (non-hydrogen) atoms. The maximum absolute atomic E-state index is 2.36. The number of para-hydroxylation sites is 10. The van der Waals surface area contributed by atoms with Gasteiger partial charge < -0.3 is 29.4 Å². The van der Waals surface area contributed by atoms with Gasteiger partial charge in [-0.05, 0) is 403 Å². The molecule has 0 aromatic heterocycles. The highest BCUT2D eigenvalue weighted by Crippen LogP contribution is 2.46. The molecule has 0 fully saturated rings. The summed E-state index contributed by atoms with van der Waals surface area (Å²) in [5.74, 6) is 0. The van der Waals surface area contributed by atoms with Gasteiger partial charge in [-0.2, -0.15) is 0 Å². The lowest BCUT2D eigenvalue weighted by molar-refractivity contribution is 1.25. The second-order valence-electron chi connectivity index (χ2n) is 38.5. The minimum atomic E-state index is -0.608. The molecule has 0 amide bonds. The van der Waals surface area contributed by atoms with Crippen LogP contribution < -0.4 is 45.3 Å². The van der Waals surface area contributed by atoms with E-state index in [1.165, 1.54) is 190 Å². The molecular weight excluding hydrogens is 1820 g/mol. The first-order valence-electron chi connectivity index (χ1n) is 51.5. The van der Waals surface area contributed by atoms with E-state index in [4.69, 9.17) is 0 Å². The highest BCUT2D eigenvalue weighted by molar-refractivity contribution is 7.80. The Hall–Kier alpha value is -17.2. The molecule has 0 N–H and O–H groups in total. The van der Waals surface area contributed by atoms with E-state index < -0.39 is 7.92 Å². The van der Waals surface area contributed by atoms with Gasteiger partial charge in [-0.25, -0.2) is 0 Å². The summed E-state index contributed by atoms with van der Waals surface area (Å²) >= 11 is 0. The summed E-state index contributed by atoms with van der Waals surface area (Å²) in [5, 5.41) is 4.60. The molecule has 0 saturated carbocycles. The van der Waals surface area contributed by atoms with Crippen LogP contribution in [-0.2, 0) is 0 Å². The van der Waals surface area contributed by atoms with Gasteiger partial charge in [0.2, 0.25) is 0 Å². The Kier molecular flexibility index (Phi) is 35.9. The largest absolute Gasteiger partial charge is 0.311 e. The van der Waals surface area contributed by atoms with Crippen LogP contribution in [0, 0.1) is 111 Å². The fourth-order valence-corrected chi connectivity index (χ4v) is 22.6. The van der Waals surface area contributed by atoms with Gasteiger partial charge in [0.05, 0.1) is 0 Å². The number of hydrogen-bond acceptors (Lipinski definition) is 6. The average molecular weight is 1960 g/mol. The molecule has 0 aliphatic heterocycles. The molecule has 0 atom stereocenters. The van der Waals surface area contributed by atoms with Crippen LogP contribution in [0.3, 0.4) is 0 Å². The third kappa shape index (κ3) is 27.3. The van der Waals surface area contributed by atoms with E-state index in [1.54, 1.807) is 0 Å². The van der Waals surface area contributed by atoms with E-state index in [2.05, 4.69) is 625 Å². The molecule has 0 radical (unpaired) electrons. The van der Waals surface area contributed by atoms with Crippen molar-refractivity contribution >= 4 is 126 Å². The van der Waals surface area contributed by atoms with Gasteiger partial charge in [-0.15, -0.1) is 0 Å². The molecule has 6 nitrogen and oxygen atoms in total. The van der Waals surface area contributed by atoms with Gasteiger partial charge >= 0.3 is 0 Å². The number of benzene rings is 21. The van der Waals surface area contributed by atoms with E-state index in [1.807, 2.05) is 42.5 Å². The first-order valence-corrected chi connectivity index (χ1v) is 52.8. The quantitative estimate of drug-likeness (QED) is 0.0626. The molecule has 0 spiro atoms. The summed E-state index contributed by atoms with van der Waals surface area (Å²) in [6.07, 6.45) is 0. The normalized spacial score (nSPS) is 10.6. The summed E-state index contributed by atoms with van der Waals surface area (Å²) in [7, 11) is -0.608. The molecule has 7 heteroatoms. The van der Waals surface area contributed by atoms with Gasteiger partial charge in [0.25, 0.3) is 0 Å². The third-order valence-electron chi connectivity index (χ3n) is 26.4. The van der Waals surface area contributed by atoms with Crippen LogP contribution in [-0.4, -0.2) is 0 Å². The van der Waals surface area contributed by atoms with Crippen molar-refractivity contribution in [1.29, 1.82) is 0 Å². The van der Waals surface area contributed by atoms with E-state index in [0.29, 0.717) is 0 Å². The van der Waals surface area contributed by atoms with Crippen molar-refractivity contribution in [2.75, 3.05) is 29.4 Å². The zero-order valence-electron chi connectivity index (χ0n) is 88.9. The lowest BCUT2D eigenvalue weighted by atomic mass is 10.0. The minimum Gasteiger partial charge on any atom is -0.311 e. The van der Waals surface area contributed by atoms with Gasteiger partial charge in [0.1, 0.15) is 0 Å². The Morgan fingerprint density at radius 3 is 0.490 bits per heavy atom. The van der Waals surface area contributed by atoms with Crippen LogP contribution in [0.1, 0.15) is 89.0 Å². The predicted octanol–water partition coefficient (Wildman–Crippen LogP) is 39.3. The zero-order valence-corrected chi connectivity index (χ0v) is 89.8. The molecule has 0 aliphatic carbocycles. The summed E-state index contributed by atoms with van der Waals surface area (Å²) in [6, 6.07) is 186. The first-order chi connectivity index (χ1) is 72.5. The SMILES string of the molecule is Cc1cc(C)c(P(c2c(C)cc(C)cc2C)c2c(C)cc(C)cc2C)c(C)c1.Cc1ccc(N(c2ccccc2)c2ccc(C)cc2)cc1.Cc1ccc(N(c2ccccc2)c2ccc(C)cc2)cc1.Cc1ccc(N(c2ccccc2)c2ccccc2)cc1.Cc1cccc(N(c2ccccc2)c2ccc(-c3ccc(N(c4ccccc4)c4ccccc4C)cc3)cc2)c1.c1ccc(N(c2ccccc2)c2ccccc2)cc1. The van der Waals surface area contributed by atoms with Crippen molar-refractivity contribution in [2.24, 2.45) is 0 Å². The molecular formula is C142H135N6P. The molecule has 738 valence electrons. The molecule has 0 heterocycles. The van der Waals surface area contributed by atoms with Crippen LogP contribution in [0.25, 0.3) is 11.1 Å². The summed E-state index contributed by atoms with van der Waals surface area (Å²) in [6.45, 7) is 35.2. The highest BCUT2D eigenvalue weighted by atomic mass is 31.1. The Morgan fingerprint density at radius 2 is 0.282 bits per heavy atom. The number of rotatable bonds is 22. The van der Waals surface area contributed by atoms with Crippen molar-refractivity contribution in [2.45, 2.75) is 111 Å². The summed E-state index contributed by atoms with van der Waals surface area (Å²) in [4.78, 5) is 13.7. The van der Waals surface area contributed by atoms with Crippen LogP contribution in [0.15, 0.2) is 528 Å². The highest BCUT2D eigenvalue weighted by Gasteiger charge is 2.28. The topological polar surface area (TPSA) is 19.4 Å². The van der Waals surface area contributed by atoms with Crippen molar-refractivity contribution in [3.05, 3.63) is 617 Å².